The number of hydrogen-bond donors (Lipinski definition) is 1. The summed E-state index contributed by atoms with van der Waals surface area (Å²) in [5.41, 5.74) is -0.884. The van der Waals surface area contributed by atoms with Crippen molar-refractivity contribution >= 4 is 11.8 Å². The van der Waals surface area contributed by atoms with Crippen molar-refractivity contribution < 1.29 is 9.59 Å². The standard InChI is InChI=1S/C10H15NO2/c1-9-5-3-4-6-10(9,2)8(13)11-7(9)12/h3-6H2,1-2H3,(H,11,12,13). The van der Waals surface area contributed by atoms with Gasteiger partial charge in [0, 0.05) is 0 Å². The minimum atomic E-state index is -0.442. The number of fused-ring (bicyclic) bond motifs is 1. The van der Waals surface area contributed by atoms with Crippen molar-refractivity contribution in [2.75, 3.05) is 0 Å². The summed E-state index contributed by atoms with van der Waals surface area (Å²) in [6, 6.07) is 0. The number of amides is 2. The van der Waals surface area contributed by atoms with Crippen molar-refractivity contribution in [1.82, 2.24) is 5.32 Å². The lowest BCUT2D eigenvalue weighted by Crippen LogP contribution is -2.42. The van der Waals surface area contributed by atoms with Crippen LogP contribution in [0.25, 0.3) is 0 Å². The Hall–Kier alpha value is -0.860. The maximum Gasteiger partial charge on any atom is 0.233 e. The smallest absolute Gasteiger partial charge is 0.233 e. The second-order valence-corrected chi connectivity index (χ2v) is 4.65. The van der Waals surface area contributed by atoms with E-state index in [0.29, 0.717) is 0 Å². The van der Waals surface area contributed by atoms with Gasteiger partial charge in [-0.25, -0.2) is 0 Å². The highest BCUT2D eigenvalue weighted by Crippen LogP contribution is 2.53. The molecular weight excluding hydrogens is 166 g/mol. The maximum atomic E-state index is 11.6. The molecule has 72 valence electrons. The summed E-state index contributed by atoms with van der Waals surface area (Å²) in [5.74, 6) is -0.139. The molecule has 1 saturated heterocycles. The van der Waals surface area contributed by atoms with Crippen molar-refractivity contribution in [3.05, 3.63) is 0 Å². The van der Waals surface area contributed by atoms with E-state index in [1.54, 1.807) is 0 Å². The van der Waals surface area contributed by atoms with Gasteiger partial charge in [-0.1, -0.05) is 12.8 Å². The van der Waals surface area contributed by atoms with Gasteiger partial charge in [-0.2, -0.15) is 0 Å². The molecule has 3 nitrogen and oxygen atoms in total. The number of nitrogens with one attached hydrogen (secondary N) is 1. The fourth-order valence-electron chi connectivity index (χ4n) is 2.62. The van der Waals surface area contributed by atoms with Gasteiger partial charge in [0.05, 0.1) is 10.8 Å². The van der Waals surface area contributed by atoms with Gasteiger partial charge in [-0.05, 0) is 26.7 Å². The van der Waals surface area contributed by atoms with Crippen LogP contribution in [0.5, 0.6) is 0 Å². The maximum absolute atomic E-state index is 11.6. The van der Waals surface area contributed by atoms with Gasteiger partial charge in [0.1, 0.15) is 0 Å². The Balaban J connectivity index is 2.46. The van der Waals surface area contributed by atoms with Gasteiger partial charge in [-0.15, -0.1) is 0 Å². The number of hydrogen-bond acceptors (Lipinski definition) is 2. The van der Waals surface area contributed by atoms with E-state index in [4.69, 9.17) is 0 Å². The van der Waals surface area contributed by atoms with Gasteiger partial charge >= 0.3 is 0 Å². The van der Waals surface area contributed by atoms with Crippen LogP contribution in [0, 0.1) is 10.8 Å². The lowest BCUT2D eigenvalue weighted by molar-refractivity contribution is -0.135. The van der Waals surface area contributed by atoms with Crippen molar-refractivity contribution in [2.45, 2.75) is 39.5 Å². The van der Waals surface area contributed by atoms with Crippen LogP contribution in [0.4, 0.5) is 0 Å². The number of carbonyl (C=O) groups excluding carboxylic acids is 2. The van der Waals surface area contributed by atoms with Crippen molar-refractivity contribution in [2.24, 2.45) is 10.8 Å². The first-order valence-corrected chi connectivity index (χ1v) is 4.87. The molecule has 2 aliphatic rings. The molecule has 2 unspecified atom stereocenters. The molecule has 0 spiro atoms. The fraction of sp³-hybridized carbons (Fsp3) is 0.800. The van der Waals surface area contributed by atoms with Crippen LogP contribution in [0.2, 0.25) is 0 Å². The van der Waals surface area contributed by atoms with Gasteiger partial charge in [-0.3, -0.25) is 14.9 Å². The molecule has 2 amide bonds. The predicted octanol–water partition coefficient (Wildman–Crippen LogP) is 1.23. The van der Waals surface area contributed by atoms with Crippen LogP contribution in [0.15, 0.2) is 0 Å². The zero-order valence-electron chi connectivity index (χ0n) is 8.14. The summed E-state index contributed by atoms with van der Waals surface area (Å²) >= 11 is 0. The highest BCUT2D eigenvalue weighted by molar-refractivity contribution is 6.09. The molecule has 1 N–H and O–H groups in total. The van der Waals surface area contributed by atoms with Crippen molar-refractivity contribution in [3.8, 4) is 0 Å². The van der Waals surface area contributed by atoms with Gasteiger partial charge in [0.2, 0.25) is 11.8 Å². The molecule has 0 aromatic carbocycles. The first kappa shape index (κ1) is 8.73. The molecule has 3 heteroatoms. The van der Waals surface area contributed by atoms with Gasteiger partial charge in [0.15, 0.2) is 0 Å². The molecule has 1 heterocycles. The SMILES string of the molecule is CC12CCCCC1(C)C(=O)NC2=O. The highest BCUT2D eigenvalue weighted by Gasteiger charge is 2.60. The number of rotatable bonds is 0. The van der Waals surface area contributed by atoms with Crippen LogP contribution in [0.3, 0.4) is 0 Å². The molecule has 0 bridgehead atoms. The zero-order valence-corrected chi connectivity index (χ0v) is 8.14. The third-order valence-corrected chi connectivity index (χ3v) is 4.05. The predicted molar refractivity (Wildman–Crippen MR) is 47.8 cm³/mol. The Morgan fingerprint density at radius 3 is 1.77 bits per heavy atom. The summed E-state index contributed by atoms with van der Waals surface area (Å²) in [4.78, 5) is 23.2. The fourth-order valence-corrected chi connectivity index (χ4v) is 2.62. The minimum absolute atomic E-state index is 0.0697. The molecule has 2 fully saturated rings. The van der Waals surface area contributed by atoms with E-state index in [9.17, 15) is 9.59 Å². The summed E-state index contributed by atoms with van der Waals surface area (Å²) in [7, 11) is 0. The monoisotopic (exact) mass is 181 g/mol. The van der Waals surface area contributed by atoms with E-state index in [2.05, 4.69) is 5.32 Å². The van der Waals surface area contributed by atoms with Crippen LogP contribution in [-0.4, -0.2) is 11.8 Å². The highest BCUT2D eigenvalue weighted by atomic mass is 16.2. The molecule has 0 aromatic heterocycles. The van der Waals surface area contributed by atoms with E-state index >= 15 is 0 Å². The molecule has 2 atom stereocenters. The second kappa shape index (κ2) is 2.34. The summed E-state index contributed by atoms with van der Waals surface area (Å²) in [5, 5.41) is 2.46. The quantitative estimate of drug-likeness (QED) is 0.571. The first-order chi connectivity index (χ1) is 6.01. The largest absolute Gasteiger partial charge is 0.295 e. The molecule has 13 heavy (non-hydrogen) atoms. The lowest BCUT2D eigenvalue weighted by Gasteiger charge is -2.40. The Morgan fingerprint density at radius 2 is 1.38 bits per heavy atom. The third kappa shape index (κ3) is 0.847. The molecule has 1 aliphatic carbocycles. The topological polar surface area (TPSA) is 46.2 Å². The Bertz CT molecular complexity index is 259. The number of imide groups is 1. The van der Waals surface area contributed by atoms with Gasteiger partial charge in [0.25, 0.3) is 0 Å². The first-order valence-electron chi connectivity index (χ1n) is 4.87. The van der Waals surface area contributed by atoms with Crippen molar-refractivity contribution in [1.29, 1.82) is 0 Å². The van der Waals surface area contributed by atoms with E-state index in [0.717, 1.165) is 25.7 Å². The minimum Gasteiger partial charge on any atom is -0.295 e. The summed E-state index contributed by atoms with van der Waals surface area (Å²) < 4.78 is 0. The van der Waals surface area contributed by atoms with E-state index in [-0.39, 0.29) is 11.8 Å². The van der Waals surface area contributed by atoms with Gasteiger partial charge < -0.3 is 0 Å². The van der Waals surface area contributed by atoms with Crippen LogP contribution < -0.4 is 5.32 Å². The zero-order chi connectivity index (χ0) is 9.69. The summed E-state index contributed by atoms with van der Waals surface area (Å²) in [6.07, 6.45) is 3.82. The Morgan fingerprint density at radius 1 is 1.00 bits per heavy atom. The third-order valence-electron chi connectivity index (χ3n) is 4.05. The second-order valence-electron chi connectivity index (χ2n) is 4.65. The molecular formula is C10H15NO2. The van der Waals surface area contributed by atoms with Crippen LogP contribution in [0.1, 0.15) is 39.5 Å². The molecule has 0 aromatic rings. The van der Waals surface area contributed by atoms with Crippen LogP contribution in [-0.2, 0) is 9.59 Å². The van der Waals surface area contributed by atoms with E-state index < -0.39 is 10.8 Å². The molecule has 1 aliphatic heterocycles. The number of carbonyl (C=O) groups is 2. The van der Waals surface area contributed by atoms with E-state index in [1.807, 2.05) is 13.8 Å². The van der Waals surface area contributed by atoms with Crippen LogP contribution >= 0.6 is 0 Å². The Labute approximate surface area is 77.9 Å². The lowest BCUT2D eigenvalue weighted by atomic mass is 9.59. The Kier molecular flexibility index (Phi) is 1.57. The average molecular weight is 181 g/mol. The normalized spacial score (nSPS) is 44.5. The van der Waals surface area contributed by atoms with Crippen molar-refractivity contribution in [3.63, 3.8) is 0 Å². The summed E-state index contributed by atoms with van der Waals surface area (Å²) in [6.45, 7) is 3.85. The molecule has 2 rings (SSSR count). The van der Waals surface area contributed by atoms with E-state index in [1.165, 1.54) is 0 Å². The molecule has 0 radical (unpaired) electrons. The average Bonchev–Trinajstić information content (AvgIpc) is 2.25. The molecule has 1 saturated carbocycles.